The first-order chi connectivity index (χ1) is 13.0. The molecule has 2 aliphatic rings. The first kappa shape index (κ1) is 21.2. The number of ether oxygens (including phenoxy) is 2. The van der Waals surface area contributed by atoms with Crippen LogP contribution in [0.25, 0.3) is 0 Å². The quantitative estimate of drug-likeness (QED) is 0.371. The molecular formula is C19H30N2O6. The van der Waals surface area contributed by atoms with Gasteiger partial charge in [0.25, 0.3) is 5.91 Å². The van der Waals surface area contributed by atoms with Gasteiger partial charge in [-0.05, 0) is 44.9 Å². The number of nitrogens with one attached hydrogen (secondary N) is 2. The van der Waals surface area contributed by atoms with Gasteiger partial charge in [-0.15, -0.1) is 0 Å². The number of hydrogen-bond acceptors (Lipinski definition) is 5. The van der Waals surface area contributed by atoms with Crippen LogP contribution in [-0.4, -0.2) is 55.0 Å². The summed E-state index contributed by atoms with van der Waals surface area (Å²) in [4.78, 5) is 33.6. The second-order valence-electron chi connectivity index (χ2n) is 7.02. The highest BCUT2D eigenvalue weighted by Crippen LogP contribution is 2.44. The summed E-state index contributed by atoms with van der Waals surface area (Å²) in [5.74, 6) is -0.478. The van der Waals surface area contributed by atoms with Crippen LogP contribution in [0.5, 0.6) is 0 Å². The van der Waals surface area contributed by atoms with Crippen molar-refractivity contribution in [2.24, 2.45) is 11.8 Å². The Kier molecular flexibility index (Phi) is 8.57. The van der Waals surface area contributed by atoms with Gasteiger partial charge in [0, 0.05) is 25.4 Å². The minimum atomic E-state index is -0.767. The number of fused-ring (bicyclic) bond motifs is 2. The maximum atomic E-state index is 11.9. The molecule has 0 radical (unpaired) electrons. The van der Waals surface area contributed by atoms with Gasteiger partial charge in [-0.1, -0.05) is 12.2 Å². The van der Waals surface area contributed by atoms with Crippen LogP contribution < -0.4 is 10.6 Å². The molecule has 2 aliphatic heterocycles. The smallest absolute Gasteiger partial charge is 0.407 e. The summed E-state index contributed by atoms with van der Waals surface area (Å²) in [7, 11) is 0. The van der Waals surface area contributed by atoms with Crippen molar-refractivity contribution in [1.29, 1.82) is 0 Å². The van der Waals surface area contributed by atoms with E-state index in [2.05, 4.69) is 16.7 Å². The Morgan fingerprint density at radius 3 is 2.59 bits per heavy atom. The predicted molar refractivity (Wildman–Crippen MR) is 98.2 cm³/mol. The first-order valence-electron chi connectivity index (χ1n) is 9.70. The molecule has 2 bridgehead atoms. The van der Waals surface area contributed by atoms with Gasteiger partial charge >= 0.3 is 12.1 Å². The molecule has 0 aromatic carbocycles. The van der Waals surface area contributed by atoms with E-state index >= 15 is 0 Å². The number of carbonyl (C=O) groups excluding carboxylic acids is 2. The molecule has 0 aromatic heterocycles. The number of unbranched alkanes of at least 4 members (excludes halogenated alkanes) is 1. The Bertz CT molecular complexity index is 550. The number of carbonyl (C=O) groups is 3. The Balaban J connectivity index is 1.72. The van der Waals surface area contributed by atoms with E-state index in [1.165, 1.54) is 0 Å². The molecule has 0 saturated carbocycles. The van der Waals surface area contributed by atoms with Crippen LogP contribution in [0.15, 0.2) is 12.2 Å². The van der Waals surface area contributed by atoms with Gasteiger partial charge in [0.15, 0.2) is 6.61 Å². The highest BCUT2D eigenvalue weighted by Gasteiger charge is 2.47. The van der Waals surface area contributed by atoms with Gasteiger partial charge in [-0.25, -0.2) is 4.79 Å². The molecule has 0 unspecified atom stereocenters. The molecular weight excluding hydrogens is 352 g/mol. The van der Waals surface area contributed by atoms with Gasteiger partial charge in [0.05, 0.1) is 12.2 Å². The average molecular weight is 382 g/mol. The van der Waals surface area contributed by atoms with Gasteiger partial charge in [-0.3, -0.25) is 9.59 Å². The van der Waals surface area contributed by atoms with E-state index in [9.17, 15) is 14.4 Å². The summed E-state index contributed by atoms with van der Waals surface area (Å²) < 4.78 is 10.8. The summed E-state index contributed by atoms with van der Waals surface area (Å²) in [5.41, 5.74) is 0. The number of allylic oxidation sites excluding steroid dienone is 2. The zero-order chi connectivity index (χ0) is 19.6. The monoisotopic (exact) mass is 382 g/mol. The highest BCUT2D eigenvalue weighted by atomic mass is 16.6. The van der Waals surface area contributed by atoms with E-state index in [-0.39, 0.29) is 37.1 Å². The summed E-state index contributed by atoms with van der Waals surface area (Å²) in [6.45, 7) is 2.45. The summed E-state index contributed by atoms with van der Waals surface area (Å²) >= 11 is 0. The molecule has 8 heteroatoms. The third-order valence-electron chi connectivity index (χ3n) is 5.12. The summed E-state index contributed by atoms with van der Waals surface area (Å²) in [6, 6.07) is 0. The molecule has 4 atom stereocenters. The minimum absolute atomic E-state index is 0.171. The van der Waals surface area contributed by atoms with E-state index in [1.54, 1.807) is 6.92 Å². The van der Waals surface area contributed by atoms with Gasteiger partial charge in [0.1, 0.15) is 0 Å². The van der Waals surface area contributed by atoms with Crippen LogP contribution in [-0.2, 0) is 19.1 Å². The number of carboxylic acid groups (broad SMARTS) is 1. The molecule has 0 aromatic rings. The fourth-order valence-corrected chi connectivity index (χ4v) is 3.83. The molecule has 2 fully saturated rings. The largest absolute Gasteiger partial charge is 0.481 e. The van der Waals surface area contributed by atoms with Crippen LogP contribution in [0.4, 0.5) is 4.79 Å². The Morgan fingerprint density at radius 1 is 1.15 bits per heavy atom. The summed E-state index contributed by atoms with van der Waals surface area (Å²) in [6.07, 6.45) is 8.45. The van der Waals surface area contributed by atoms with Crippen molar-refractivity contribution < 1.29 is 29.0 Å². The predicted octanol–water partition coefficient (Wildman–Crippen LogP) is 1.84. The van der Waals surface area contributed by atoms with Crippen molar-refractivity contribution in [2.45, 2.75) is 57.7 Å². The third-order valence-corrected chi connectivity index (χ3v) is 5.12. The lowest BCUT2D eigenvalue weighted by Gasteiger charge is -2.27. The molecule has 2 heterocycles. The molecule has 2 rings (SSSR count). The fourth-order valence-electron chi connectivity index (χ4n) is 3.83. The second kappa shape index (κ2) is 10.9. The Hall–Kier alpha value is -2.09. The minimum Gasteiger partial charge on any atom is -0.481 e. The van der Waals surface area contributed by atoms with Crippen molar-refractivity contribution in [3.8, 4) is 0 Å². The van der Waals surface area contributed by atoms with Gasteiger partial charge in [-0.2, -0.15) is 0 Å². The Labute approximate surface area is 159 Å². The van der Waals surface area contributed by atoms with Crippen molar-refractivity contribution in [2.75, 3.05) is 19.7 Å². The normalized spacial score (nSPS) is 26.3. The van der Waals surface area contributed by atoms with Crippen molar-refractivity contribution in [3.63, 3.8) is 0 Å². The number of alkyl carbamates (subject to hydrolysis) is 1. The van der Waals surface area contributed by atoms with E-state index < -0.39 is 12.1 Å². The molecule has 0 aliphatic carbocycles. The molecule has 0 spiro atoms. The average Bonchev–Trinajstić information content (AvgIpc) is 3.22. The van der Waals surface area contributed by atoms with Crippen LogP contribution in [0.1, 0.15) is 45.4 Å². The topological polar surface area (TPSA) is 114 Å². The summed E-state index contributed by atoms with van der Waals surface area (Å²) in [5, 5.41) is 14.0. The van der Waals surface area contributed by atoms with Crippen molar-refractivity contribution in [1.82, 2.24) is 10.6 Å². The SMILES string of the molecule is CCNC(=O)OCC(=O)NC[C@H]1[C@@H](C/C=C\CCCC(=O)O)[C@H]2CC[C@@H]1O2. The number of amides is 2. The van der Waals surface area contributed by atoms with Crippen LogP contribution in [0.2, 0.25) is 0 Å². The van der Waals surface area contributed by atoms with Gasteiger partial charge < -0.3 is 25.2 Å². The maximum Gasteiger partial charge on any atom is 0.407 e. The third kappa shape index (κ3) is 6.86. The van der Waals surface area contributed by atoms with Crippen LogP contribution in [0.3, 0.4) is 0 Å². The van der Waals surface area contributed by atoms with Crippen molar-refractivity contribution >= 4 is 18.0 Å². The molecule has 2 saturated heterocycles. The zero-order valence-electron chi connectivity index (χ0n) is 15.8. The molecule has 27 heavy (non-hydrogen) atoms. The fraction of sp³-hybridized carbons (Fsp3) is 0.737. The van der Waals surface area contributed by atoms with Crippen molar-refractivity contribution in [3.05, 3.63) is 12.2 Å². The molecule has 3 N–H and O–H groups in total. The van der Waals surface area contributed by atoms with E-state index in [0.29, 0.717) is 25.4 Å². The van der Waals surface area contributed by atoms with Crippen LogP contribution in [0, 0.1) is 11.8 Å². The van der Waals surface area contributed by atoms with E-state index in [1.807, 2.05) is 6.08 Å². The lowest BCUT2D eigenvalue weighted by Crippen LogP contribution is -2.40. The lowest BCUT2D eigenvalue weighted by molar-refractivity contribution is -0.137. The number of hydrogen-bond donors (Lipinski definition) is 3. The molecule has 2 amide bonds. The number of aliphatic carboxylic acids is 1. The highest BCUT2D eigenvalue weighted by molar-refractivity contribution is 5.80. The standard InChI is InChI=1S/C19H30N2O6/c1-2-20-19(25)26-12-17(22)21-11-14-13(15-9-10-16(14)27-15)7-5-3-4-6-8-18(23)24/h3,5,13-16H,2,4,6-12H2,1H3,(H,20,25)(H,21,22)(H,23,24)/b5-3-/t13-,14+,15-,16+/m1/s1. The number of carboxylic acids is 1. The van der Waals surface area contributed by atoms with Gasteiger partial charge in [0.2, 0.25) is 0 Å². The Morgan fingerprint density at radius 2 is 1.89 bits per heavy atom. The maximum absolute atomic E-state index is 11.9. The first-order valence-corrected chi connectivity index (χ1v) is 9.70. The second-order valence-corrected chi connectivity index (χ2v) is 7.02. The van der Waals surface area contributed by atoms with Crippen LogP contribution >= 0.6 is 0 Å². The van der Waals surface area contributed by atoms with E-state index in [4.69, 9.17) is 14.6 Å². The molecule has 152 valence electrons. The lowest BCUT2D eigenvalue weighted by atomic mass is 9.77. The molecule has 8 nitrogen and oxygen atoms in total. The zero-order valence-corrected chi connectivity index (χ0v) is 15.8. The van der Waals surface area contributed by atoms with E-state index in [0.717, 1.165) is 25.7 Å². The number of rotatable bonds is 11.